The Hall–Kier alpha value is -1.83. The Balaban J connectivity index is 2.52. The minimum atomic E-state index is -0.427. The van der Waals surface area contributed by atoms with Gasteiger partial charge >= 0.3 is 0 Å². The lowest BCUT2D eigenvalue weighted by Gasteiger charge is -2.02. The summed E-state index contributed by atoms with van der Waals surface area (Å²) in [5, 5.41) is 9.22. The molecule has 0 aliphatic rings. The molecule has 0 radical (unpaired) electrons. The van der Waals surface area contributed by atoms with E-state index in [2.05, 4.69) is 0 Å². The van der Waals surface area contributed by atoms with Gasteiger partial charge in [-0.2, -0.15) is 0 Å². The normalized spacial score (nSPS) is 10.1. The molecule has 1 nitrogen and oxygen atoms in total. The van der Waals surface area contributed by atoms with E-state index in [1.54, 1.807) is 6.07 Å². The number of benzene rings is 2. The fourth-order valence-electron chi connectivity index (χ4n) is 1.37. The second-order valence-electron chi connectivity index (χ2n) is 3.06. The zero-order valence-corrected chi connectivity index (χ0v) is 7.44. The van der Waals surface area contributed by atoms with E-state index >= 15 is 0 Å². The molecule has 14 heavy (non-hydrogen) atoms. The molecule has 0 aromatic heterocycles. The van der Waals surface area contributed by atoms with Gasteiger partial charge in [-0.3, -0.25) is 0 Å². The maximum Gasteiger partial charge on any atom is 0.127 e. The molecule has 2 aromatic rings. The van der Waals surface area contributed by atoms with Gasteiger partial charge in [-0.05, 0) is 23.3 Å². The lowest BCUT2D eigenvalue weighted by Crippen LogP contribution is -1.79. The molecule has 0 aliphatic heterocycles. The molecule has 1 N–H and O–H groups in total. The zero-order chi connectivity index (χ0) is 9.97. The third-order valence-corrected chi connectivity index (χ3v) is 1.99. The van der Waals surface area contributed by atoms with E-state index in [1.165, 1.54) is 6.07 Å². The van der Waals surface area contributed by atoms with Crippen LogP contribution >= 0.6 is 0 Å². The van der Waals surface area contributed by atoms with Gasteiger partial charge < -0.3 is 5.11 Å². The third-order valence-electron chi connectivity index (χ3n) is 1.99. The standard InChI is InChI=1S/C12H9FO/c13-11-6-10(7-12(14)8-11)9-4-2-1-3-5-9/h1-8,14H. The van der Waals surface area contributed by atoms with E-state index in [1.807, 2.05) is 30.3 Å². The minimum absolute atomic E-state index is 0.0520. The molecule has 0 saturated carbocycles. The van der Waals surface area contributed by atoms with Crippen LogP contribution in [0.25, 0.3) is 11.1 Å². The van der Waals surface area contributed by atoms with Gasteiger partial charge in [-0.1, -0.05) is 30.3 Å². The average molecular weight is 188 g/mol. The van der Waals surface area contributed by atoms with Gasteiger partial charge in [0.1, 0.15) is 11.6 Å². The van der Waals surface area contributed by atoms with Crippen molar-refractivity contribution in [1.82, 2.24) is 0 Å². The van der Waals surface area contributed by atoms with Crippen LogP contribution in [-0.4, -0.2) is 5.11 Å². The molecule has 0 spiro atoms. The van der Waals surface area contributed by atoms with Crippen molar-refractivity contribution in [3.05, 3.63) is 54.3 Å². The second kappa shape index (κ2) is 3.50. The predicted molar refractivity (Wildman–Crippen MR) is 53.5 cm³/mol. The Morgan fingerprint density at radius 2 is 1.57 bits per heavy atom. The second-order valence-corrected chi connectivity index (χ2v) is 3.06. The highest BCUT2D eigenvalue weighted by Crippen LogP contribution is 2.24. The fraction of sp³-hybridized carbons (Fsp3) is 0. The Morgan fingerprint density at radius 3 is 2.21 bits per heavy atom. The molecule has 0 saturated heterocycles. The predicted octanol–water partition coefficient (Wildman–Crippen LogP) is 3.20. The average Bonchev–Trinajstić information content (AvgIpc) is 2.18. The van der Waals surface area contributed by atoms with Crippen LogP contribution < -0.4 is 0 Å². The summed E-state index contributed by atoms with van der Waals surface area (Å²) in [5.74, 6) is -0.479. The largest absolute Gasteiger partial charge is 0.508 e. The van der Waals surface area contributed by atoms with Crippen molar-refractivity contribution >= 4 is 0 Å². The summed E-state index contributed by atoms with van der Waals surface area (Å²) in [6.07, 6.45) is 0. The van der Waals surface area contributed by atoms with Crippen LogP contribution in [0.15, 0.2) is 48.5 Å². The van der Waals surface area contributed by atoms with E-state index in [0.29, 0.717) is 5.56 Å². The van der Waals surface area contributed by atoms with Gasteiger partial charge in [0.25, 0.3) is 0 Å². The first kappa shape index (κ1) is 8.75. The van der Waals surface area contributed by atoms with Crippen LogP contribution in [0.3, 0.4) is 0 Å². The van der Waals surface area contributed by atoms with Crippen LogP contribution in [0.5, 0.6) is 5.75 Å². The molecule has 0 amide bonds. The van der Waals surface area contributed by atoms with E-state index in [9.17, 15) is 9.50 Å². The molecule has 2 rings (SSSR count). The number of aromatic hydroxyl groups is 1. The van der Waals surface area contributed by atoms with Crippen molar-refractivity contribution < 1.29 is 9.50 Å². The molecule has 2 heteroatoms. The first-order chi connectivity index (χ1) is 6.75. The monoisotopic (exact) mass is 188 g/mol. The molecule has 70 valence electrons. The first-order valence-electron chi connectivity index (χ1n) is 4.31. The molecular weight excluding hydrogens is 179 g/mol. The van der Waals surface area contributed by atoms with Crippen LogP contribution in [-0.2, 0) is 0 Å². The van der Waals surface area contributed by atoms with Crippen molar-refractivity contribution in [3.63, 3.8) is 0 Å². The van der Waals surface area contributed by atoms with E-state index in [0.717, 1.165) is 11.6 Å². The fourth-order valence-corrected chi connectivity index (χ4v) is 1.37. The molecule has 0 unspecified atom stereocenters. The molecule has 0 fully saturated rings. The van der Waals surface area contributed by atoms with E-state index in [4.69, 9.17) is 0 Å². The van der Waals surface area contributed by atoms with E-state index < -0.39 is 5.82 Å². The summed E-state index contributed by atoms with van der Waals surface area (Å²) < 4.78 is 13.0. The molecular formula is C12H9FO. The maximum atomic E-state index is 13.0. The Kier molecular flexibility index (Phi) is 2.19. The third kappa shape index (κ3) is 1.74. The van der Waals surface area contributed by atoms with Gasteiger partial charge in [-0.25, -0.2) is 4.39 Å². The van der Waals surface area contributed by atoms with Crippen LogP contribution in [0, 0.1) is 5.82 Å². The topological polar surface area (TPSA) is 20.2 Å². The summed E-state index contributed by atoms with van der Waals surface area (Å²) >= 11 is 0. The molecule has 2 aromatic carbocycles. The van der Waals surface area contributed by atoms with Gasteiger partial charge in [0.05, 0.1) is 0 Å². The Bertz CT molecular complexity index is 417. The summed E-state index contributed by atoms with van der Waals surface area (Å²) in [7, 11) is 0. The molecule has 0 bridgehead atoms. The summed E-state index contributed by atoms with van der Waals surface area (Å²) in [6.45, 7) is 0. The lowest BCUT2D eigenvalue weighted by atomic mass is 10.1. The van der Waals surface area contributed by atoms with Gasteiger partial charge in [0.15, 0.2) is 0 Å². The van der Waals surface area contributed by atoms with Gasteiger partial charge in [0, 0.05) is 6.07 Å². The summed E-state index contributed by atoms with van der Waals surface area (Å²) in [6, 6.07) is 13.4. The summed E-state index contributed by atoms with van der Waals surface area (Å²) in [4.78, 5) is 0. The molecule has 0 aliphatic carbocycles. The zero-order valence-electron chi connectivity index (χ0n) is 7.44. The van der Waals surface area contributed by atoms with Gasteiger partial charge in [-0.15, -0.1) is 0 Å². The quantitative estimate of drug-likeness (QED) is 0.728. The van der Waals surface area contributed by atoms with Crippen molar-refractivity contribution in [1.29, 1.82) is 0 Å². The van der Waals surface area contributed by atoms with Crippen LogP contribution in [0.2, 0.25) is 0 Å². The van der Waals surface area contributed by atoms with Crippen molar-refractivity contribution in [2.75, 3.05) is 0 Å². The number of halogens is 1. The summed E-state index contributed by atoms with van der Waals surface area (Å²) in [5.41, 5.74) is 1.57. The van der Waals surface area contributed by atoms with Crippen molar-refractivity contribution in [2.24, 2.45) is 0 Å². The number of hydrogen-bond acceptors (Lipinski definition) is 1. The number of phenols is 1. The Morgan fingerprint density at radius 1 is 0.857 bits per heavy atom. The number of phenolic OH excluding ortho intramolecular Hbond substituents is 1. The number of hydrogen-bond donors (Lipinski definition) is 1. The highest BCUT2D eigenvalue weighted by molar-refractivity contribution is 5.64. The van der Waals surface area contributed by atoms with Crippen LogP contribution in [0.1, 0.15) is 0 Å². The smallest absolute Gasteiger partial charge is 0.127 e. The minimum Gasteiger partial charge on any atom is -0.508 e. The highest BCUT2D eigenvalue weighted by atomic mass is 19.1. The van der Waals surface area contributed by atoms with Gasteiger partial charge in [0.2, 0.25) is 0 Å². The molecule has 0 heterocycles. The number of rotatable bonds is 1. The van der Waals surface area contributed by atoms with E-state index in [-0.39, 0.29) is 5.75 Å². The Labute approximate surface area is 81.4 Å². The van der Waals surface area contributed by atoms with Crippen LogP contribution in [0.4, 0.5) is 4.39 Å². The lowest BCUT2D eigenvalue weighted by molar-refractivity contribution is 0.469. The van der Waals surface area contributed by atoms with Crippen molar-refractivity contribution in [3.8, 4) is 16.9 Å². The SMILES string of the molecule is Oc1cc(F)cc(-c2ccccc2)c1. The molecule has 0 atom stereocenters. The maximum absolute atomic E-state index is 13.0. The first-order valence-corrected chi connectivity index (χ1v) is 4.31. The van der Waals surface area contributed by atoms with Crippen molar-refractivity contribution in [2.45, 2.75) is 0 Å². The highest BCUT2D eigenvalue weighted by Gasteiger charge is 2.01.